The molecule has 0 bridgehead atoms. The molecule has 5 rings (SSSR count). The Morgan fingerprint density at radius 2 is 1.76 bits per heavy atom. The number of fused-ring (bicyclic) bond motifs is 1. The predicted molar refractivity (Wildman–Crippen MR) is 179 cm³/mol. The molecule has 0 radical (unpaired) electrons. The van der Waals surface area contributed by atoms with E-state index in [9.17, 15) is 13.5 Å². The zero-order chi connectivity index (χ0) is 32.9. The van der Waals surface area contributed by atoms with Crippen molar-refractivity contribution in [3.8, 4) is 11.5 Å². The minimum absolute atomic E-state index is 0.103. The van der Waals surface area contributed by atoms with Gasteiger partial charge in [-0.05, 0) is 87.6 Å². The van der Waals surface area contributed by atoms with Crippen molar-refractivity contribution in [2.45, 2.75) is 75.2 Å². The first-order valence-corrected chi connectivity index (χ1v) is 17.5. The molecule has 2 aliphatic rings. The normalized spacial score (nSPS) is 20.7. The van der Waals surface area contributed by atoms with Crippen LogP contribution in [0.25, 0.3) is 0 Å². The van der Waals surface area contributed by atoms with Gasteiger partial charge in [0.05, 0.1) is 42.5 Å². The number of hydrogen-bond acceptors (Lipinski definition) is 8. The van der Waals surface area contributed by atoms with E-state index < -0.39 is 27.8 Å². The molecule has 250 valence electrons. The largest absolute Gasteiger partial charge is 0.497 e. The summed E-state index contributed by atoms with van der Waals surface area (Å²) in [4.78, 5) is 2.56. The number of benzene rings is 3. The lowest BCUT2D eigenvalue weighted by Gasteiger charge is -2.45. The van der Waals surface area contributed by atoms with Crippen molar-refractivity contribution in [3.63, 3.8) is 0 Å². The number of sulfonamides is 1. The number of piperidine rings is 1. The summed E-state index contributed by atoms with van der Waals surface area (Å²) >= 11 is 0. The third-order valence-corrected chi connectivity index (χ3v) is 10.8. The number of nitrogens with zero attached hydrogens (tertiary/aromatic N) is 2. The SMILES string of the molecule is COCCCN1CCOc2ccc(COC3CN(S(=O)(=O)c4ccc(C)cc4)C(CC(C)(C)O)C[C@@H]3c3ccc(OC)cc3)cc21. The van der Waals surface area contributed by atoms with Crippen molar-refractivity contribution in [1.82, 2.24) is 4.31 Å². The van der Waals surface area contributed by atoms with Gasteiger partial charge in [0.1, 0.15) is 18.1 Å². The average Bonchev–Trinajstić information content (AvgIpc) is 3.03. The Bertz CT molecular complexity index is 1540. The molecule has 10 heteroatoms. The summed E-state index contributed by atoms with van der Waals surface area (Å²) < 4.78 is 53.2. The molecular formula is C36H48N2O7S. The molecule has 0 aliphatic carbocycles. The van der Waals surface area contributed by atoms with Gasteiger partial charge in [-0.1, -0.05) is 35.9 Å². The summed E-state index contributed by atoms with van der Waals surface area (Å²) in [5.74, 6) is 1.50. The van der Waals surface area contributed by atoms with Gasteiger partial charge in [-0.25, -0.2) is 8.42 Å². The molecule has 2 heterocycles. The highest BCUT2D eigenvalue weighted by Crippen LogP contribution is 2.40. The van der Waals surface area contributed by atoms with Crippen LogP contribution < -0.4 is 14.4 Å². The van der Waals surface area contributed by atoms with Gasteiger partial charge in [0.25, 0.3) is 0 Å². The van der Waals surface area contributed by atoms with E-state index in [0.29, 0.717) is 32.7 Å². The topological polar surface area (TPSA) is 97.8 Å². The molecule has 0 spiro atoms. The molecule has 1 fully saturated rings. The maximum absolute atomic E-state index is 14.2. The minimum atomic E-state index is -3.87. The first kappa shape index (κ1) is 34.2. The Balaban J connectivity index is 1.45. The number of methoxy groups -OCH3 is 2. The number of rotatable bonds is 13. The zero-order valence-corrected chi connectivity index (χ0v) is 28.5. The maximum Gasteiger partial charge on any atom is 0.243 e. The van der Waals surface area contributed by atoms with E-state index in [-0.39, 0.29) is 17.4 Å². The molecule has 46 heavy (non-hydrogen) atoms. The van der Waals surface area contributed by atoms with Crippen LogP contribution in [0.5, 0.6) is 11.5 Å². The standard InChI is InChI=1S/C36H48N2O7S/c1-26-7-14-31(15-8-26)46(40,41)38-24-35(32(22-29(38)23-36(2,3)39)28-10-12-30(43-5)13-11-28)45-25-27-9-16-34-33(21-27)37(18-20-44-34)17-6-19-42-4/h7-16,21,29,32,35,39H,6,17-20,22-25H2,1-5H3/t29?,32-,35?/m1/s1. The first-order valence-electron chi connectivity index (χ1n) is 16.0. The summed E-state index contributed by atoms with van der Waals surface area (Å²) in [6, 6.07) is 20.5. The number of anilines is 1. The summed E-state index contributed by atoms with van der Waals surface area (Å²) in [6.45, 7) is 8.86. The van der Waals surface area contributed by atoms with Gasteiger partial charge in [0.2, 0.25) is 10.0 Å². The molecular weight excluding hydrogens is 604 g/mol. The molecule has 3 aromatic carbocycles. The van der Waals surface area contributed by atoms with Crippen LogP contribution in [0, 0.1) is 6.92 Å². The van der Waals surface area contributed by atoms with E-state index in [1.165, 1.54) is 0 Å². The third kappa shape index (κ3) is 8.22. The Hall–Kier alpha value is -3.15. The molecule has 0 amide bonds. The maximum atomic E-state index is 14.2. The van der Waals surface area contributed by atoms with Crippen molar-refractivity contribution in [2.24, 2.45) is 0 Å². The molecule has 3 atom stereocenters. The average molecular weight is 653 g/mol. The van der Waals surface area contributed by atoms with E-state index in [4.69, 9.17) is 18.9 Å². The van der Waals surface area contributed by atoms with Gasteiger partial charge < -0.3 is 29.0 Å². The zero-order valence-electron chi connectivity index (χ0n) is 27.6. The summed E-state index contributed by atoms with van der Waals surface area (Å²) in [5, 5.41) is 10.9. The second-order valence-corrected chi connectivity index (χ2v) is 14.9. The van der Waals surface area contributed by atoms with Gasteiger partial charge >= 0.3 is 0 Å². The van der Waals surface area contributed by atoms with E-state index in [1.54, 1.807) is 44.5 Å². The fourth-order valence-corrected chi connectivity index (χ4v) is 8.18. The molecule has 9 nitrogen and oxygen atoms in total. The van der Waals surface area contributed by atoms with Gasteiger partial charge in [-0.15, -0.1) is 0 Å². The van der Waals surface area contributed by atoms with E-state index in [0.717, 1.165) is 53.4 Å². The fraction of sp³-hybridized carbons (Fsp3) is 0.500. The van der Waals surface area contributed by atoms with Crippen LogP contribution in [0.2, 0.25) is 0 Å². The molecule has 1 N–H and O–H groups in total. The fourth-order valence-electron chi connectivity index (χ4n) is 6.53. The van der Waals surface area contributed by atoms with Gasteiger partial charge in [0, 0.05) is 38.8 Å². The van der Waals surface area contributed by atoms with Crippen LogP contribution in [0.4, 0.5) is 5.69 Å². The van der Waals surface area contributed by atoms with Crippen LogP contribution in [-0.2, 0) is 26.1 Å². The van der Waals surface area contributed by atoms with Crippen LogP contribution in [0.3, 0.4) is 0 Å². The second kappa shape index (κ2) is 14.7. The molecule has 0 saturated carbocycles. The first-order chi connectivity index (χ1) is 22.0. The Morgan fingerprint density at radius 3 is 2.43 bits per heavy atom. The molecule has 2 unspecified atom stereocenters. The lowest BCUT2D eigenvalue weighted by Crippen LogP contribution is -2.54. The molecule has 2 aliphatic heterocycles. The van der Waals surface area contributed by atoms with Crippen LogP contribution in [0.15, 0.2) is 71.6 Å². The van der Waals surface area contributed by atoms with E-state index in [1.807, 2.05) is 55.5 Å². The monoisotopic (exact) mass is 652 g/mol. The molecule has 3 aromatic rings. The van der Waals surface area contributed by atoms with Gasteiger partial charge in [0.15, 0.2) is 0 Å². The van der Waals surface area contributed by atoms with Crippen molar-refractivity contribution >= 4 is 15.7 Å². The van der Waals surface area contributed by atoms with Crippen LogP contribution >= 0.6 is 0 Å². The number of hydrogen-bond donors (Lipinski definition) is 1. The highest BCUT2D eigenvalue weighted by molar-refractivity contribution is 7.89. The minimum Gasteiger partial charge on any atom is -0.497 e. The van der Waals surface area contributed by atoms with Gasteiger partial charge in [-0.3, -0.25) is 0 Å². The lowest BCUT2D eigenvalue weighted by atomic mass is 9.81. The molecule has 0 aromatic heterocycles. The summed E-state index contributed by atoms with van der Waals surface area (Å²) in [5.41, 5.74) is 2.99. The van der Waals surface area contributed by atoms with E-state index >= 15 is 0 Å². The van der Waals surface area contributed by atoms with Gasteiger partial charge in [-0.2, -0.15) is 4.31 Å². The van der Waals surface area contributed by atoms with Crippen molar-refractivity contribution in [3.05, 3.63) is 83.4 Å². The number of ether oxygens (including phenoxy) is 4. The third-order valence-electron chi connectivity index (χ3n) is 8.87. The second-order valence-electron chi connectivity index (χ2n) is 13.0. The number of aryl methyl sites for hydroxylation is 1. The van der Waals surface area contributed by atoms with E-state index in [2.05, 4.69) is 11.0 Å². The quantitative estimate of drug-likeness (QED) is 0.241. The Labute approximate surface area is 274 Å². The van der Waals surface area contributed by atoms with Crippen molar-refractivity contribution in [1.29, 1.82) is 0 Å². The lowest BCUT2D eigenvalue weighted by molar-refractivity contribution is -0.0345. The van der Waals surface area contributed by atoms with Crippen molar-refractivity contribution in [2.75, 3.05) is 52.0 Å². The predicted octanol–water partition coefficient (Wildman–Crippen LogP) is 5.53. The van der Waals surface area contributed by atoms with Crippen molar-refractivity contribution < 1.29 is 32.5 Å². The Morgan fingerprint density at radius 1 is 1.02 bits per heavy atom. The number of aliphatic hydroxyl groups is 1. The highest BCUT2D eigenvalue weighted by Gasteiger charge is 2.44. The molecule has 1 saturated heterocycles. The van der Waals surface area contributed by atoms with Crippen LogP contribution in [-0.4, -0.2) is 82.6 Å². The Kier molecular flexibility index (Phi) is 11.0. The summed E-state index contributed by atoms with van der Waals surface area (Å²) in [6.07, 6.45) is 1.27. The summed E-state index contributed by atoms with van der Waals surface area (Å²) in [7, 11) is -0.523. The highest BCUT2D eigenvalue weighted by atomic mass is 32.2. The van der Waals surface area contributed by atoms with Crippen LogP contribution in [0.1, 0.15) is 55.7 Å². The smallest absolute Gasteiger partial charge is 0.243 e.